The van der Waals surface area contributed by atoms with Gasteiger partial charge in [-0.2, -0.15) is 0 Å². The molecule has 3 N–H and O–H groups in total. The minimum Gasteiger partial charge on any atom is -0.352 e. The largest absolute Gasteiger partial charge is 0.352 e. The lowest BCUT2D eigenvalue weighted by molar-refractivity contribution is -0.124. The second-order valence-corrected chi connectivity index (χ2v) is 6.40. The zero-order valence-corrected chi connectivity index (χ0v) is 14.5. The highest BCUT2D eigenvalue weighted by Crippen LogP contribution is 2.19. The Labute approximate surface area is 154 Å². The lowest BCUT2D eigenvalue weighted by atomic mass is 10.1. The summed E-state index contributed by atoms with van der Waals surface area (Å²) < 4.78 is 27.0. The van der Waals surface area contributed by atoms with Gasteiger partial charge in [-0.05, 0) is 43.0 Å². The fourth-order valence-corrected chi connectivity index (χ4v) is 3.02. The molecule has 142 valence electrons. The first-order chi connectivity index (χ1) is 12.9. The predicted octanol–water partition coefficient (Wildman–Crippen LogP) is 2.18. The highest BCUT2D eigenvalue weighted by Gasteiger charge is 2.15. The van der Waals surface area contributed by atoms with Crippen LogP contribution < -0.4 is 16.2 Å². The van der Waals surface area contributed by atoms with Crippen LogP contribution in [0.15, 0.2) is 29.1 Å². The van der Waals surface area contributed by atoms with Crippen molar-refractivity contribution in [3.05, 3.63) is 63.1 Å². The zero-order valence-electron chi connectivity index (χ0n) is 14.5. The van der Waals surface area contributed by atoms with Gasteiger partial charge in [-0.15, -0.1) is 0 Å². The van der Waals surface area contributed by atoms with Gasteiger partial charge in [-0.25, -0.2) is 8.78 Å². The Morgan fingerprint density at radius 1 is 1.07 bits per heavy atom. The fraction of sp³-hybridized carbons (Fsp3) is 0.316. The van der Waals surface area contributed by atoms with Crippen LogP contribution in [0.3, 0.4) is 0 Å². The summed E-state index contributed by atoms with van der Waals surface area (Å²) in [5.41, 5.74) is 1.73. The predicted molar refractivity (Wildman–Crippen MR) is 95.2 cm³/mol. The van der Waals surface area contributed by atoms with Crippen molar-refractivity contribution in [3.63, 3.8) is 0 Å². The number of anilines is 1. The SMILES string of the molecule is O=C(CCC(=O)Nc1c(F)cccc1F)NCc1cc2c([nH]c1=O)CCC2. The van der Waals surface area contributed by atoms with Crippen LogP contribution in [0, 0.1) is 11.6 Å². The number of aromatic amines is 1. The number of fused-ring (bicyclic) bond motifs is 1. The van der Waals surface area contributed by atoms with Crippen molar-refractivity contribution in [1.82, 2.24) is 10.3 Å². The lowest BCUT2D eigenvalue weighted by Gasteiger charge is -2.08. The second kappa shape index (κ2) is 8.11. The van der Waals surface area contributed by atoms with E-state index in [1.807, 2.05) is 0 Å². The van der Waals surface area contributed by atoms with E-state index in [0.29, 0.717) is 5.56 Å². The topological polar surface area (TPSA) is 91.1 Å². The molecular formula is C19H19F2N3O3. The maximum atomic E-state index is 13.5. The molecule has 0 bridgehead atoms. The number of carbonyl (C=O) groups excluding carboxylic acids is 2. The molecule has 0 spiro atoms. The van der Waals surface area contributed by atoms with Crippen LogP contribution in [0.5, 0.6) is 0 Å². The van der Waals surface area contributed by atoms with Crippen LogP contribution in [-0.4, -0.2) is 16.8 Å². The normalized spacial score (nSPS) is 12.5. The van der Waals surface area contributed by atoms with Crippen molar-refractivity contribution in [3.8, 4) is 0 Å². The van der Waals surface area contributed by atoms with Gasteiger partial charge in [-0.1, -0.05) is 6.07 Å². The number of aromatic nitrogens is 1. The van der Waals surface area contributed by atoms with E-state index in [1.165, 1.54) is 6.07 Å². The Morgan fingerprint density at radius 2 is 1.78 bits per heavy atom. The van der Waals surface area contributed by atoms with Gasteiger partial charge < -0.3 is 15.6 Å². The third kappa shape index (κ3) is 4.58. The number of H-pyrrole nitrogens is 1. The number of para-hydroxylation sites is 1. The van der Waals surface area contributed by atoms with Crippen LogP contribution in [-0.2, 0) is 29.0 Å². The molecule has 27 heavy (non-hydrogen) atoms. The Hall–Kier alpha value is -3.03. The van der Waals surface area contributed by atoms with Gasteiger partial charge >= 0.3 is 0 Å². The Bertz CT molecular complexity index is 920. The van der Waals surface area contributed by atoms with E-state index in [4.69, 9.17) is 0 Å². The van der Waals surface area contributed by atoms with Gasteiger partial charge in [0.05, 0.1) is 0 Å². The van der Waals surface area contributed by atoms with E-state index in [-0.39, 0.29) is 24.9 Å². The van der Waals surface area contributed by atoms with Crippen molar-refractivity contribution < 1.29 is 18.4 Å². The number of nitrogens with one attached hydrogen (secondary N) is 3. The van der Waals surface area contributed by atoms with E-state index in [9.17, 15) is 23.2 Å². The maximum absolute atomic E-state index is 13.5. The summed E-state index contributed by atoms with van der Waals surface area (Å²) >= 11 is 0. The first-order valence-corrected chi connectivity index (χ1v) is 8.68. The molecule has 1 aliphatic carbocycles. The van der Waals surface area contributed by atoms with Gasteiger partial charge in [0, 0.05) is 30.6 Å². The summed E-state index contributed by atoms with van der Waals surface area (Å²) in [6, 6.07) is 5.04. The molecule has 1 heterocycles. The third-order valence-corrected chi connectivity index (χ3v) is 4.45. The molecular weight excluding hydrogens is 356 g/mol. The Balaban J connectivity index is 1.49. The molecule has 1 aromatic carbocycles. The second-order valence-electron chi connectivity index (χ2n) is 6.40. The molecule has 0 saturated carbocycles. The fourth-order valence-electron chi connectivity index (χ4n) is 3.02. The average molecular weight is 375 g/mol. The van der Waals surface area contributed by atoms with Crippen molar-refractivity contribution in [1.29, 1.82) is 0 Å². The first kappa shape index (κ1) is 18.8. The summed E-state index contributed by atoms with van der Waals surface area (Å²) in [5, 5.41) is 4.71. The molecule has 2 amide bonds. The van der Waals surface area contributed by atoms with Gasteiger partial charge in [0.1, 0.15) is 17.3 Å². The Kier molecular flexibility index (Phi) is 5.63. The smallest absolute Gasteiger partial charge is 0.253 e. The van der Waals surface area contributed by atoms with Crippen LogP contribution in [0.1, 0.15) is 36.1 Å². The number of aryl methyl sites for hydroxylation is 2. The lowest BCUT2D eigenvalue weighted by Crippen LogP contribution is -2.28. The van der Waals surface area contributed by atoms with Crippen LogP contribution >= 0.6 is 0 Å². The standard InChI is InChI=1S/C19H19F2N3O3/c20-13-4-2-5-14(21)18(13)24-17(26)8-7-16(25)22-10-12-9-11-3-1-6-15(11)23-19(12)27/h2,4-5,9H,1,3,6-8,10H2,(H,22,25)(H,23,27)(H,24,26). The summed E-state index contributed by atoms with van der Waals surface area (Å²) in [4.78, 5) is 38.5. The van der Waals surface area contributed by atoms with Crippen molar-refractivity contribution in [2.75, 3.05) is 5.32 Å². The molecule has 8 heteroatoms. The summed E-state index contributed by atoms with van der Waals surface area (Å²) in [6.45, 7) is 0.0605. The van der Waals surface area contributed by atoms with Crippen LogP contribution in [0.4, 0.5) is 14.5 Å². The van der Waals surface area contributed by atoms with Crippen molar-refractivity contribution in [2.24, 2.45) is 0 Å². The molecule has 1 aromatic heterocycles. The third-order valence-electron chi connectivity index (χ3n) is 4.45. The molecule has 3 rings (SSSR count). The molecule has 0 aliphatic heterocycles. The van der Waals surface area contributed by atoms with E-state index in [1.54, 1.807) is 6.07 Å². The van der Waals surface area contributed by atoms with Gasteiger partial charge in [-0.3, -0.25) is 14.4 Å². The average Bonchev–Trinajstić information content (AvgIpc) is 3.08. The summed E-state index contributed by atoms with van der Waals surface area (Å²) in [5.74, 6) is -2.88. The molecule has 6 nitrogen and oxygen atoms in total. The maximum Gasteiger partial charge on any atom is 0.253 e. The number of pyridine rings is 1. The van der Waals surface area contributed by atoms with E-state index in [2.05, 4.69) is 15.6 Å². The van der Waals surface area contributed by atoms with E-state index >= 15 is 0 Å². The number of rotatable bonds is 6. The number of halogens is 2. The molecule has 0 saturated heterocycles. The van der Waals surface area contributed by atoms with Crippen LogP contribution in [0.2, 0.25) is 0 Å². The minimum atomic E-state index is -0.886. The van der Waals surface area contributed by atoms with Gasteiger partial charge in [0.25, 0.3) is 5.56 Å². The molecule has 0 radical (unpaired) electrons. The van der Waals surface area contributed by atoms with E-state index < -0.39 is 29.1 Å². The number of hydrogen-bond acceptors (Lipinski definition) is 3. The monoisotopic (exact) mass is 375 g/mol. The van der Waals surface area contributed by atoms with Crippen LogP contribution in [0.25, 0.3) is 0 Å². The number of hydrogen-bond donors (Lipinski definition) is 3. The number of amides is 2. The quantitative estimate of drug-likeness (QED) is 0.723. The first-order valence-electron chi connectivity index (χ1n) is 8.68. The molecule has 0 unspecified atom stereocenters. The highest BCUT2D eigenvalue weighted by molar-refractivity contribution is 5.93. The van der Waals surface area contributed by atoms with Gasteiger partial charge in [0.2, 0.25) is 11.8 Å². The highest BCUT2D eigenvalue weighted by atomic mass is 19.1. The number of carbonyl (C=O) groups is 2. The zero-order chi connectivity index (χ0) is 19.4. The minimum absolute atomic E-state index is 0.0605. The summed E-state index contributed by atoms with van der Waals surface area (Å²) in [7, 11) is 0. The van der Waals surface area contributed by atoms with Crippen molar-refractivity contribution >= 4 is 17.5 Å². The van der Waals surface area contributed by atoms with Gasteiger partial charge in [0.15, 0.2) is 0 Å². The molecule has 2 aromatic rings. The van der Waals surface area contributed by atoms with E-state index in [0.717, 1.165) is 42.7 Å². The molecule has 1 aliphatic rings. The molecule has 0 fully saturated rings. The Morgan fingerprint density at radius 3 is 2.52 bits per heavy atom. The van der Waals surface area contributed by atoms with Crippen molar-refractivity contribution in [2.45, 2.75) is 38.6 Å². The molecule has 0 atom stereocenters. The number of benzene rings is 1. The summed E-state index contributed by atoms with van der Waals surface area (Å²) in [6.07, 6.45) is 2.36.